The molecule has 4 nitrogen and oxygen atoms in total. The standard InChI is InChI=1S/C15H26N2O2/c1-4-16-10-15-9-13(12(2)19-15)11-18-8-7-17(3)14-5-6-14/h9,14,16H,4-8,10-11H2,1-3H3. The summed E-state index contributed by atoms with van der Waals surface area (Å²) in [5.41, 5.74) is 1.17. The van der Waals surface area contributed by atoms with E-state index >= 15 is 0 Å². The van der Waals surface area contributed by atoms with E-state index in [9.17, 15) is 0 Å². The molecule has 1 heterocycles. The van der Waals surface area contributed by atoms with Crippen molar-refractivity contribution < 1.29 is 9.15 Å². The Morgan fingerprint density at radius 1 is 1.47 bits per heavy atom. The van der Waals surface area contributed by atoms with Gasteiger partial charge in [-0.3, -0.25) is 0 Å². The lowest BCUT2D eigenvalue weighted by molar-refractivity contribution is 0.0971. The third-order valence-corrected chi connectivity index (χ3v) is 3.64. The van der Waals surface area contributed by atoms with Crippen molar-refractivity contribution in [2.75, 3.05) is 26.7 Å². The average Bonchev–Trinajstić information content (AvgIpc) is 3.18. The van der Waals surface area contributed by atoms with Crippen molar-refractivity contribution in [3.63, 3.8) is 0 Å². The van der Waals surface area contributed by atoms with Gasteiger partial charge in [-0.1, -0.05) is 6.92 Å². The van der Waals surface area contributed by atoms with Gasteiger partial charge in [0.05, 0.1) is 19.8 Å². The lowest BCUT2D eigenvalue weighted by Gasteiger charge is -2.15. The first-order chi connectivity index (χ1) is 9.20. The molecule has 0 bridgehead atoms. The molecule has 2 rings (SSSR count). The number of aryl methyl sites for hydroxylation is 1. The van der Waals surface area contributed by atoms with Gasteiger partial charge in [-0.25, -0.2) is 0 Å². The monoisotopic (exact) mass is 266 g/mol. The molecule has 0 amide bonds. The van der Waals surface area contributed by atoms with Gasteiger partial charge in [0.2, 0.25) is 0 Å². The first-order valence-electron chi connectivity index (χ1n) is 7.27. The Labute approximate surface area is 116 Å². The Balaban J connectivity index is 1.68. The summed E-state index contributed by atoms with van der Waals surface area (Å²) in [5, 5.41) is 3.27. The maximum atomic E-state index is 5.74. The highest BCUT2D eigenvalue weighted by Gasteiger charge is 2.25. The molecule has 108 valence electrons. The van der Waals surface area contributed by atoms with Crippen LogP contribution in [0.3, 0.4) is 0 Å². The normalized spacial score (nSPS) is 15.4. The number of rotatable bonds is 9. The molecule has 1 fully saturated rings. The van der Waals surface area contributed by atoms with Gasteiger partial charge < -0.3 is 19.4 Å². The van der Waals surface area contributed by atoms with E-state index in [0.29, 0.717) is 6.61 Å². The summed E-state index contributed by atoms with van der Waals surface area (Å²) in [5.74, 6) is 1.97. The van der Waals surface area contributed by atoms with E-state index < -0.39 is 0 Å². The molecule has 1 saturated carbocycles. The molecule has 0 aromatic carbocycles. The van der Waals surface area contributed by atoms with Crippen LogP contribution in [-0.2, 0) is 17.9 Å². The van der Waals surface area contributed by atoms with Crippen LogP contribution < -0.4 is 5.32 Å². The van der Waals surface area contributed by atoms with E-state index in [2.05, 4.69) is 30.3 Å². The van der Waals surface area contributed by atoms with Gasteiger partial charge >= 0.3 is 0 Å². The van der Waals surface area contributed by atoms with Crippen LogP contribution in [0, 0.1) is 6.92 Å². The van der Waals surface area contributed by atoms with Crippen molar-refractivity contribution in [3.8, 4) is 0 Å². The smallest absolute Gasteiger partial charge is 0.118 e. The zero-order chi connectivity index (χ0) is 13.7. The van der Waals surface area contributed by atoms with E-state index in [1.54, 1.807) is 0 Å². The molecule has 0 atom stereocenters. The Morgan fingerprint density at radius 3 is 2.95 bits per heavy atom. The summed E-state index contributed by atoms with van der Waals surface area (Å²) in [4.78, 5) is 2.39. The summed E-state index contributed by atoms with van der Waals surface area (Å²) in [6.45, 7) is 8.31. The third kappa shape index (κ3) is 4.64. The van der Waals surface area contributed by atoms with Crippen LogP contribution in [0.15, 0.2) is 10.5 Å². The zero-order valence-electron chi connectivity index (χ0n) is 12.4. The van der Waals surface area contributed by atoms with Gasteiger partial charge in [-0.2, -0.15) is 0 Å². The predicted octanol–water partition coefficient (Wildman–Crippen LogP) is 2.31. The number of ether oxygens (including phenoxy) is 1. The maximum Gasteiger partial charge on any atom is 0.118 e. The van der Waals surface area contributed by atoms with E-state index in [1.165, 1.54) is 18.4 Å². The zero-order valence-corrected chi connectivity index (χ0v) is 12.4. The van der Waals surface area contributed by atoms with Gasteiger partial charge in [0, 0.05) is 18.2 Å². The first-order valence-corrected chi connectivity index (χ1v) is 7.27. The highest BCUT2D eigenvalue weighted by atomic mass is 16.5. The summed E-state index contributed by atoms with van der Waals surface area (Å²) in [7, 11) is 2.18. The summed E-state index contributed by atoms with van der Waals surface area (Å²) >= 11 is 0. The Morgan fingerprint density at radius 2 is 2.26 bits per heavy atom. The minimum Gasteiger partial charge on any atom is -0.465 e. The van der Waals surface area contributed by atoms with E-state index in [4.69, 9.17) is 9.15 Å². The molecular weight excluding hydrogens is 240 g/mol. The van der Waals surface area contributed by atoms with Crippen molar-refractivity contribution in [1.82, 2.24) is 10.2 Å². The molecule has 0 radical (unpaired) electrons. The Hall–Kier alpha value is -0.840. The maximum absolute atomic E-state index is 5.74. The minimum atomic E-state index is 0.653. The predicted molar refractivity (Wildman–Crippen MR) is 76.1 cm³/mol. The van der Waals surface area contributed by atoms with Crippen LogP contribution in [0.2, 0.25) is 0 Å². The Kier molecular flexibility index (Phi) is 5.43. The molecule has 0 aliphatic heterocycles. The molecule has 4 heteroatoms. The van der Waals surface area contributed by atoms with Crippen LogP contribution in [0.25, 0.3) is 0 Å². The average molecular weight is 266 g/mol. The summed E-state index contributed by atoms with van der Waals surface area (Å²) in [6.07, 6.45) is 2.70. The van der Waals surface area contributed by atoms with Gasteiger partial charge in [-0.05, 0) is 39.4 Å². The SMILES string of the molecule is CCNCc1cc(COCCN(C)C2CC2)c(C)o1. The number of hydrogen-bond donors (Lipinski definition) is 1. The second kappa shape index (κ2) is 7.08. The molecule has 1 aliphatic rings. The molecule has 0 unspecified atom stereocenters. The molecule has 0 spiro atoms. The molecule has 1 N–H and O–H groups in total. The van der Waals surface area contributed by atoms with Crippen LogP contribution in [-0.4, -0.2) is 37.7 Å². The van der Waals surface area contributed by atoms with Crippen LogP contribution in [0.4, 0.5) is 0 Å². The lowest BCUT2D eigenvalue weighted by Crippen LogP contribution is -2.25. The number of hydrogen-bond acceptors (Lipinski definition) is 4. The molecular formula is C15H26N2O2. The fourth-order valence-corrected chi connectivity index (χ4v) is 2.15. The molecule has 1 aliphatic carbocycles. The van der Waals surface area contributed by atoms with Gasteiger partial charge in [0.1, 0.15) is 11.5 Å². The third-order valence-electron chi connectivity index (χ3n) is 3.64. The molecule has 19 heavy (non-hydrogen) atoms. The van der Waals surface area contributed by atoms with Gasteiger partial charge in [0.25, 0.3) is 0 Å². The summed E-state index contributed by atoms with van der Waals surface area (Å²) < 4.78 is 11.4. The van der Waals surface area contributed by atoms with E-state index in [0.717, 1.165) is 43.8 Å². The van der Waals surface area contributed by atoms with Gasteiger partial charge in [-0.15, -0.1) is 0 Å². The fourth-order valence-electron chi connectivity index (χ4n) is 2.15. The number of likely N-dealkylation sites (N-methyl/N-ethyl adjacent to an activating group) is 1. The highest BCUT2D eigenvalue weighted by molar-refractivity contribution is 5.19. The lowest BCUT2D eigenvalue weighted by atomic mass is 10.2. The number of furan rings is 1. The van der Waals surface area contributed by atoms with Crippen LogP contribution >= 0.6 is 0 Å². The highest BCUT2D eigenvalue weighted by Crippen LogP contribution is 2.24. The van der Waals surface area contributed by atoms with Crippen molar-refractivity contribution in [2.24, 2.45) is 0 Å². The van der Waals surface area contributed by atoms with Crippen LogP contribution in [0.1, 0.15) is 36.8 Å². The van der Waals surface area contributed by atoms with E-state index in [1.807, 2.05) is 6.92 Å². The van der Waals surface area contributed by atoms with Crippen LogP contribution in [0.5, 0.6) is 0 Å². The first kappa shape index (κ1) is 14.6. The van der Waals surface area contributed by atoms with Crippen molar-refractivity contribution in [1.29, 1.82) is 0 Å². The molecule has 1 aromatic rings. The fraction of sp³-hybridized carbons (Fsp3) is 0.733. The summed E-state index contributed by atoms with van der Waals surface area (Å²) in [6, 6.07) is 2.91. The van der Waals surface area contributed by atoms with E-state index in [-0.39, 0.29) is 0 Å². The second-order valence-electron chi connectivity index (χ2n) is 5.34. The quantitative estimate of drug-likeness (QED) is 0.696. The largest absolute Gasteiger partial charge is 0.465 e. The Bertz CT molecular complexity index is 385. The van der Waals surface area contributed by atoms with Crippen molar-refractivity contribution in [2.45, 2.75) is 45.9 Å². The molecule has 1 aromatic heterocycles. The topological polar surface area (TPSA) is 37.6 Å². The van der Waals surface area contributed by atoms with Crippen molar-refractivity contribution >= 4 is 0 Å². The minimum absolute atomic E-state index is 0.653. The number of nitrogens with zero attached hydrogens (tertiary/aromatic N) is 1. The second-order valence-corrected chi connectivity index (χ2v) is 5.34. The van der Waals surface area contributed by atoms with Crippen molar-refractivity contribution in [3.05, 3.63) is 23.2 Å². The van der Waals surface area contributed by atoms with Gasteiger partial charge in [0.15, 0.2) is 0 Å². The molecule has 0 saturated heterocycles. The number of nitrogens with one attached hydrogen (secondary N) is 1.